The molecule has 0 amide bonds. The average molecular weight is 387 g/mol. The quantitative estimate of drug-likeness (QED) is 0.566. The van der Waals surface area contributed by atoms with Gasteiger partial charge < -0.3 is 15.2 Å². The topological polar surface area (TPSA) is 58.6 Å². The van der Waals surface area contributed by atoms with Crippen LogP contribution in [0, 0.1) is 0 Å². The Balaban J connectivity index is 1.97. The van der Waals surface area contributed by atoms with Gasteiger partial charge in [0.05, 0.1) is 5.56 Å². The number of alkyl halides is 3. The average Bonchev–Trinajstić information content (AvgIpc) is 3.07. The lowest BCUT2D eigenvalue weighted by Gasteiger charge is -2.17. The minimum absolute atomic E-state index is 0.131. The van der Waals surface area contributed by atoms with Crippen LogP contribution in [0.4, 0.5) is 13.2 Å². The van der Waals surface area contributed by atoms with Crippen molar-refractivity contribution in [2.75, 3.05) is 6.54 Å². The predicted molar refractivity (Wildman–Crippen MR) is 97.0 cm³/mol. The van der Waals surface area contributed by atoms with Gasteiger partial charge in [0, 0.05) is 13.0 Å². The van der Waals surface area contributed by atoms with Gasteiger partial charge in [-0.2, -0.15) is 13.2 Å². The summed E-state index contributed by atoms with van der Waals surface area (Å²) in [5, 5.41) is 11.8. The first kappa shape index (κ1) is 21.5. The molecule has 4 nitrogen and oxygen atoms in total. The van der Waals surface area contributed by atoms with E-state index in [0.717, 1.165) is 38.2 Å². The molecule has 1 heterocycles. The van der Waals surface area contributed by atoms with Crippen molar-refractivity contribution in [2.24, 2.45) is 0 Å². The molecule has 0 aliphatic carbocycles. The van der Waals surface area contributed by atoms with Gasteiger partial charge in [-0.15, -0.1) is 0 Å². The van der Waals surface area contributed by atoms with Crippen molar-refractivity contribution in [1.29, 1.82) is 0 Å². The summed E-state index contributed by atoms with van der Waals surface area (Å²) in [6, 6.07) is 3.36. The fraction of sp³-hybridized carbons (Fsp3) is 0.650. The van der Waals surface area contributed by atoms with Crippen LogP contribution < -0.4 is 10.1 Å². The number of ether oxygens (including phenoxy) is 1. The van der Waals surface area contributed by atoms with Crippen molar-refractivity contribution >= 4 is 5.97 Å². The Morgan fingerprint density at radius 3 is 2.56 bits per heavy atom. The number of unbranched alkanes of at least 4 members (excludes halogenated alkanes) is 5. The van der Waals surface area contributed by atoms with Crippen LogP contribution in [0.2, 0.25) is 0 Å². The lowest BCUT2D eigenvalue weighted by molar-refractivity contribution is -0.139. The first-order valence-electron chi connectivity index (χ1n) is 9.64. The Kier molecular flexibility index (Phi) is 7.95. The molecule has 1 aliphatic rings. The SMILES string of the molecule is CCCCCCCCc1ccc(O[C@@H]2CN[C@H](C(=O)O)C2)cc1C(F)(F)F. The molecule has 27 heavy (non-hydrogen) atoms. The molecule has 1 aliphatic heterocycles. The molecule has 152 valence electrons. The highest BCUT2D eigenvalue weighted by atomic mass is 19.4. The van der Waals surface area contributed by atoms with Gasteiger partial charge in [0.2, 0.25) is 0 Å². The Morgan fingerprint density at radius 2 is 1.93 bits per heavy atom. The summed E-state index contributed by atoms with van der Waals surface area (Å²) in [5.74, 6) is -0.849. The number of rotatable bonds is 10. The third-order valence-electron chi connectivity index (χ3n) is 4.88. The number of benzene rings is 1. The molecule has 1 fully saturated rings. The van der Waals surface area contributed by atoms with Crippen LogP contribution in [0.3, 0.4) is 0 Å². The molecule has 2 rings (SSSR count). The number of hydrogen-bond acceptors (Lipinski definition) is 3. The number of aryl methyl sites for hydroxylation is 1. The summed E-state index contributed by atoms with van der Waals surface area (Å²) in [6.07, 6.45) is 1.90. The monoisotopic (exact) mass is 387 g/mol. The van der Waals surface area contributed by atoms with Crippen molar-refractivity contribution in [3.05, 3.63) is 29.3 Å². The van der Waals surface area contributed by atoms with Crippen LogP contribution in [0.25, 0.3) is 0 Å². The van der Waals surface area contributed by atoms with E-state index in [-0.39, 0.29) is 12.2 Å². The third-order valence-corrected chi connectivity index (χ3v) is 4.88. The van der Waals surface area contributed by atoms with Crippen LogP contribution in [-0.4, -0.2) is 29.8 Å². The van der Waals surface area contributed by atoms with Crippen LogP contribution in [0.15, 0.2) is 18.2 Å². The summed E-state index contributed by atoms with van der Waals surface area (Å²) in [4.78, 5) is 10.9. The van der Waals surface area contributed by atoms with Crippen LogP contribution >= 0.6 is 0 Å². The molecular weight excluding hydrogens is 359 g/mol. The molecule has 0 saturated carbocycles. The van der Waals surface area contributed by atoms with Crippen LogP contribution in [0.1, 0.15) is 63.0 Å². The maximum absolute atomic E-state index is 13.4. The third kappa shape index (κ3) is 6.72. The maximum atomic E-state index is 13.4. The molecule has 2 atom stereocenters. The summed E-state index contributed by atoms with van der Waals surface area (Å²) >= 11 is 0. The van der Waals surface area contributed by atoms with Crippen molar-refractivity contribution < 1.29 is 27.8 Å². The Morgan fingerprint density at radius 1 is 1.22 bits per heavy atom. The van der Waals surface area contributed by atoms with Gasteiger partial charge in [-0.05, 0) is 30.5 Å². The van der Waals surface area contributed by atoms with E-state index >= 15 is 0 Å². The molecule has 2 N–H and O–H groups in total. The Bertz CT molecular complexity index is 619. The second-order valence-electron chi connectivity index (χ2n) is 7.11. The number of halogens is 3. The first-order chi connectivity index (χ1) is 12.8. The molecule has 7 heteroatoms. The van der Waals surface area contributed by atoms with E-state index < -0.39 is 29.9 Å². The van der Waals surface area contributed by atoms with Gasteiger partial charge in [-0.1, -0.05) is 45.1 Å². The van der Waals surface area contributed by atoms with E-state index in [4.69, 9.17) is 9.84 Å². The summed E-state index contributed by atoms with van der Waals surface area (Å²) < 4.78 is 45.9. The van der Waals surface area contributed by atoms with E-state index in [1.807, 2.05) is 0 Å². The molecule has 0 spiro atoms. The zero-order valence-corrected chi connectivity index (χ0v) is 15.6. The zero-order valence-electron chi connectivity index (χ0n) is 15.6. The van der Waals surface area contributed by atoms with E-state index in [0.29, 0.717) is 18.5 Å². The van der Waals surface area contributed by atoms with E-state index in [2.05, 4.69) is 12.2 Å². The number of nitrogens with one attached hydrogen (secondary N) is 1. The number of aliphatic carboxylic acids is 1. The van der Waals surface area contributed by atoms with E-state index in [1.165, 1.54) is 12.5 Å². The fourth-order valence-electron chi connectivity index (χ4n) is 3.38. The van der Waals surface area contributed by atoms with Crippen molar-refractivity contribution in [2.45, 2.75) is 76.6 Å². The van der Waals surface area contributed by atoms with Crippen molar-refractivity contribution in [3.8, 4) is 5.75 Å². The molecule has 0 bridgehead atoms. The zero-order chi connectivity index (χ0) is 19.9. The van der Waals surface area contributed by atoms with Gasteiger partial charge >= 0.3 is 12.1 Å². The lowest BCUT2D eigenvalue weighted by atomic mass is 9.99. The smallest absolute Gasteiger partial charge is 0.416 e. The minimum atomic E-state index is -4.44. The van der Waals surface area contributed by atoms with Gasteiger partial charge in [0.15, 0.2) is 0 Å². The Hall–Kier alpha value is -1.76. The highest BCUT2D eigenvalue weighted by Crippen LogP contribution is 2.35. The first-order valence-corrected chi connectivity index (χ1v) is 9.64. The van der Waals surface area contributed by atoms with E-state index in [9.17, 15) is 18.0 Å². The highest BCUT2D eigenvalue weighted by Gasteiger charge is 2.35. The number of carboxylic acid groups (broad SMARTS) is 1. The Labute approximate surface area is 158 Å². The largest absolute Gasteiger partial charge is 0.489 e. The van der Waals surface area contributed by atoms with Gasteiger partial charge in [-0.3, -0.25) is 4.79 Å². The molecule has 1 saturated heterocycles. The number of hydrogen-bond donors (Lipinski definition) is 2. The second kappa shape index (κ2) is 9.97. The molecule has 0 unspecified atom stereocenters. The van der Waals surface area contributed by atoms with Gasteiger partial charge in [-0.25, -0.2) is 0 Å². The maximum Gasteiger partial charge on any atom is 0.416 e. The highest BCUT2D eigenvalue weighted by molar-refractivity contribution is 5.73. The molecule has 1 aromatic rings. The number of carbonyl (C=O) groups is 1. The van der Waals surface area contributed by atoms with Gasteiger partial charge in [0.25, 0.3) is 0 Å². The van der Waals surface area contributed by atoms with Crippen molar-refractivity contribution in [3.63, 3.8) is 0 Å². The van der Waals surface area contributed by atoms with Crippen LogP contribution in [0.5, 0.6) is 5.75 Å². The van der Waals surface area contributed by atoms with Crippen molar-refractivity contribution in [1.82, 2.24) is 5.32 Å². The summed E-state index contributed by atoms with van der Waals surface area (Å²) in [5.41, 5.74) is -0.368. The summed E-state index contributed by atoms with van der Waals surface area (Å²) in [7, 11) is 0. The van der Waals surface area contributed by atoms with E-state index in [1.54, 1.807) is 6.07 Å². The molecular formula is C20H28F3NO3. The lowest BCUT2D eigenvalue weighted by Crippen LogP contribution is -2.30. The minimum Gasteiger partial charge on any atom is -0.489 e. The second-order valence-corrected chi connectivity index (χ2v) is 7.11. The van der Waals surface area contributed by atoms with Gasteiger partial charge in [0.1, 0.15) is 17.9 Å². The van der Waals surface area contributed by atoms with Crippen LogP contribution in [-0.2, 0) is 17.4 Å². The summed E-state index contributed by atoms with van der Waals surface area (Å²) in [6.45, 7) is 2.43. The fourth-order valence-corrected chi connectivity index (χ4v) is 3.38. The predicted octanol–water partition coefficient (Wildman–Crippen LogP) is 4.80. The number of carboxylic acids is 1. The molecule has 1 aromatic carbocycles. The standard InChI is InChI=1S/C20H28F3NO3/c1-2-3-4-5-6-7-8-14-9-10-15(11-17(14)20(21,22)23)27-16-12-18(19(25)26)24-13-16/h9-11,16,18,24H,2-8,12-13H2,1H3,(H,25,26)/t16-,18-/m0/s1. The normalized spacial score (nSPS) is 20.0. The molecule has 0 radical (unpaired) electrons. The molecule has 0 aromatic heterocycles.